The lowest BCUT2D eigenvalue weighted by Gasteiger charge is -2.20. The van der Waals surface area contributed by atoms with Crippen molar-refractivity contribution < 1.29 is 8.42 Å². The summed E-state index contributed by atoms with van der Waals surface area (Å²) in [6.45, 7) is 0. The standard InChI is InChI=1S/C16H15NO2S/c1-20(18,19)17-16-14-8-4-2-6-12(14)10-11-13-7-3-5-9-15(13)16/h2-11,16-17H,1H3. The van der Waals surface area contributed by atoms with Gasteiger partial charge in [0, 0.05) is 0 Å². The van der Waals surface area contributed by atoms with Crippen LogP contribution in [0.3, 0.4) is 0 Å². The molecule has 3 nitrogen and oxygen atoms in total. The van der Waals surface area contributed by atoms with E-state index in [0.29, 0.717) is 0 Å². The minimum Gasteiger partial charge on any atom is -0.213 e. The van der Waals surface area contributed by atoms with Crippen LogP contribution in [0.15, 0.2) is 48.5 Å². The van der Waals surface area contributed by atoms with Gasteiger partial charge in [-0.3, -0.25) is 0 Å². The molecule has 4 heteroatoms. The van der Waals surface area contributed by atoms with E-state index in [-0.39, 0.29) is 6.04 Å². The van der Waals surface area contributed by atoms with Gasteiger partial charge in [-0.15, -0.1) is 0 Å². The molecule has 1 aliphatic carbocycles. The van der Waals surface area contributed by atoms with Crippen LogP contribution in [0.4, 0.5) is 0 Å². The summed E-state index contributed by atoms with van der Waals surface area (Å²) in [4.78, 5) is 0. The summed E-state index contributed by atoms with van der Waals surface area (Å²) in [5.74, 6) is 0. The molecule has 20 heavy (non-hydrogen) atoms. The second kappa shape index (κ2) is 4.89. The zero-order valence-corrected chi connectivity index (χ0v) is 11.9. The van der Waals surface area contributed by atoms with E-state index in [4.69, 9.17) is 0 Å². The Hall–Kier alpha value is -1.91. The molecule has 2 aromatic carbocycles. The van der Waals surface area contributed by atoms with Gasteiger partial charge in [-0.25, -0.2) is 13.1 Å². The van der Waals surface area contributed by atoms with Crippen LogP contribution >= 0.6 is 0 Å². The molecule has 0 unspecified atom stereocenters. The lowest BCUT2D eigenvalue weighted by molar-refractivity contribution is 0.578. The van der Waals surface area contributed by atoms with Crippen LogP contribution in [-0.2, 0) is 10.0 Å². The Bertz CT molecular complexity index is 729. The van der Waals surface area contributed by atoms with Crippen molar-refractivity contribution in [3.63, 3.8) is 0 Å². The topological polar surface area (TPSA) is 46.2 Å². The fraction of sp³-hybridized carbons (Fsp3) is 0.125. The molecule has 1 N–H and O–H groups in total. The molecule has 0 aliphatic heterocycles. The largest absolute Gasteiger partial charge is 0.213 e. The summed E-state index contributed by atoms with van der Waals surface area (Å²) in [6.07, 6.45) is 5.24. The van der Waals surface area contributed by atoms with Crippen molar-refractivity contribution in [1.29, 1.82) is 0 Å². The number of hydrogen-bond acceptors (Lipinski definition) is 2. The maximum absolute atomic E-state index is 11.7. The van der Waals surface area contributed by atoms with Gasteiger partial charge in [0.25, 0.3) is 0 Å². The lowest BCUT2D eigenvalue weighted by Crippen LogP contribution is -2.28. The monoisotopic (exact) mass is 285 g/mol. The van der Waals surface area contributed by atoms with E-state index in [1.807, 2.05) is 60.7 Å². The number of hydrogen-bond donors (Lipinski definition) is 1. The summed E-state index contributed by atoms with van der Waals surface area (Å²) in [5.41, 5.74) is 4.01. The molecule has 0 heterocycles. The Kier molecular flexibility index (Phi) is 3.20. The van der Waals surface area contributed by atoms with Crippen LogP contribution in [0.1, 0.15) is 28.3 Å². The molecule has 0 fully saturated rings. The molecule has 0 atom stereocenters. The Morgan fingerprint density at radius 1 is 0.850 bits per heavy atom. The van der Waals surface area contributed by atoms with E-state index in [0.717, 1.165) is 22.3 Å². The Labute approximate surface area is 119 Å². The van der Waals surface area contributed by atoms with E-state index >= 15 is 0 Å². The quantitative estimate of drug-likeness (QED) is 0.922. The van der Waals surface area contributed by atoms with E-state index in [1.54, 1.807) is 0 Å². The Morgan fingerprint density at radius 2 is 1.30 bits per heavy atom. The average Bonchev–Trinajstić information content (AvgIpc) is 2.56. The molecule has 0 saturated carbocycles. The highest BCUT2D eigenvalue weighted by Crippen LogP contribution is 2.32. The fourth-order valence-corrected chi connectivity index (χ4v) is 3.22. The zero-order chi connectivity index (χ0) is 14.2. The molecule has 3 rings (SSSR count). The predicted octanol–water partition coefficient (Wildman–Crippen LogP) is 2.81. The summed E-state index contributed by atoms with van der Waals surface area (Å²) in [5, 5.41) is 0. The molecular formula is C16H15NO2S. The van der Waals surface area contributed by atoms with Gasteiger partial charge >= 0.3 is 0 Å². The number of fused-ring (bicyclic) bond motifs is 2. The molecule has 1 aliphatic rings. The molecule has 102 valence electrons. The molecule has 0 aromatic heterocycles. The third-order valence-electron chi connectivity index (χ3n) is 3.39. The SMILES string of the molecule is CS(=O)(=O)NC1c2ccccc2C=Cc2ccccc21. The summed E-state index contributed by atoms with van der Waals surface area (Å²) < 4.78 is 26.1. The van der Waals surface area contributed by atoms with Crippen molar-refractivity contribution in [3.05, 3.63) is 70.8 Å². The van der Waals surface area contributed by atoms with Crippen LogP contribution in [0, 0.1) is 0 Å². The van der Waals surface area contributed by atoms with Gasteiger partial charge in [0.15, 0.2) is 0 Å². The number of benzene rings is 2. The third-order valence-corrected chi connectivity index (χ3v) is 4.05. The normalized spacial score (nSPS) is 14.4. The first kappa shape index (κ1) is 13.1. The second-order valence-corrected chi connectivity index (χ2v) is 6.69. The third kappa shape index (κ3) is 2.53. The fourth-order valence-electron chi connectivity index (χ4n) is 2.54. The first-order valence-electron chi connectivity index (χ1n) is 6.38. The summed E-state index contributed by atoms with van der Waals surface area (Å²) in [7, 11) is -3.30. The average molecular weight is 285 g/mol. The summed E-state index contributed by atoms with van der Waals surface area (Å²) >= 11 is 0. The molecule has 0 amide bonds. The van der Waals surface area contributed by atoms with Crippen LogP contribution in [0.5, 0.6) is 0 Å². The van der Waals surface area contributed by atoms with E-state index in [1.165, 1.54) is 6.26 Å². The molecule has 0 saturated heterocycles. The van der Waals surface area contributed by atoms with Gasteiger partial charge in [-0.05, 0) is 22.3 Å². The number of rotatable bonds is 2. The molecule has 0 radical (unpaired) electrons. The highest BCUT2D eigenvalue weighted by atomic mass is 32.2. The van der Waals surface area contributed by atoms with Gasteiger partial charge in [0.05, 0.1) is 12.3 Å². The van der Waals surface area contributed by atoms with Crippen molar-refractivity contribution in [2.24, 2.45) is 0 Å². The van der Waals surface area contributed by atoms with Crippen LogP contribution in [-0.4, -0.2) is 14.7 Å². The lowest BCUT2D eigenvalue weighted by atomic mass is 9.95. The van der Waals surface area contributed by atoms with E-state index in [9.17, 15) is 8.42 Å². The molecule has 0 bridgehead atoms. The number of sulfonamides is 1. The first-order chi connectivity index (χ1) is 9.54. The van der Waals surface area contributed by atoms with E-state index in [2.05, 4.69) is 4.72 Å². The van der Waals surface area contributed by atoms with Gasteiger partial charge < -0.3 is 0 Å². The maximum atomic E-state index is 11.7. The van der Waals surface area contributed by atoms with Gasteiger partial charge in [-0.2, -0.15) is 0 Å². The maximum Gasteiger partial charge on any atom is 0.209 e. The predicted molar refractivity (Wildman–Crippen MR) is 81.6 cm³/mol. The minimum atomic E-state index is -3.30. The van der Waals surface area contributed by atoms with Crippen LogP contribution in [0.25, 0.3) is 12.2 Å². The minimum absolute atomic E-state index is 0.354. The van der Waals surface area contributed by atoms with Crippen molar-refractivity contribution in [3.8, 4) is 0 Å². The highest BCUT2D eigenvalue weighted by Gasteiger charge is 2.23. The van der Waals surface area contributed by atoms with Crippen molar-refractivity contribution in [1.82, 2.24) is 4.72 Å². The van der Waals surface area contributed by atoms with E-state index < -0.39 is 10.0 Å². The van der Waals surface area contributed by atoms with Crippen molar-refractivity contribution in [2.45, 2.75) is 6.04 Å². The Balaban J connectivity index is 2.23. The van der Waals surface area contributed by atoms with Crippen LogP contribution < -0.4 is 4.72 Å². The first-order valence-corrected chi connectivity index (χ1v) is 8.27. The van der Waals surface area contributed by atoms with Gasteiger partial charge in [0.2, 0.25) is 10.0 Å². The highest BCUT2D eigenvalue weighted by molar-refractivity contribution is 7.88. The smallest absolute Gasteiger partial charge is 0.209 e. The zero-order valence-electron chi connectivity index (χ0n) is 11.1. The van der Waals surface area contributed by atoms with Gasteiger partial charge in [0.1, 0.15) is 0 Å². The molecular weight excluding hydrogens is 270 g/mol. The van der Waals surface area contributed by atoms with Crippen molar-refractivity contribution in [2.75, 3.05) is 6.26 Å². The second-order valence-electron chi connectivity index (χ2n) is 4.91. The molecule has 0 spiro atoms. The summed E-state index contributed by atoms with van der Waals surface area (Å²) in [6, 6.07) is 15.3. The number of nitrogens with one attached hydrogen (secondary N) is 1. The van der Waals surface area contributed by atoms with Gasteiger partial charge in [-0.1, -0.05) is 60.7 Å². The molecule has 2 aromatic rings. The Morgan fingerprint density at radius 3 is 1.75 bits per heavy atom. The van der Waals surface area contributed by atoms with Crippen LogP contribution in [0.2, 0.25) is 0 Å². The van der Waals surface area contributed by atoms with Crippen molar-refractivity contribution >= 4 is 22.2 Å².